The van der Waals surface area contributed by atoms with E-state index >= 15 is 0 Å². The molecule has 136 valence electrons. The SMILES string of the molecule is CC(C)N(C)c1c(C=O)c(C(F)F)nn1-c1ccc(S(C)(=O)=O)cn1. The van der Waals surface area contributed by atoms with Crippen LogP contribution >= 0.6 is 0 Å². The number of hydrogen-bond donors (Lipinski definition) is 0. The van der Waals surface area contributed by atoms with Crippen molar-refractivity contribution in [1.82, 2.24) is 14.8 Å². The molecule has 0 aliphatic heterocycles. The predicted octanol–water partition coefficient (Wildman–Crippen LogP) is 2.27. The summed E-state index contributed by atoms with van der Waals surface area (Å²) >= 11 is 0. The van der Waals surface area contributed by atoms with E-state index in [-0.39, 0.29) is 28.1 Å². The number of nitrogens with zero attached hydrogens (tertiary/aromatic N) is 4. The Balaban J connectivity index is 2.69. The quantitative estimate of drug-likeness (QED) is 0.723. The zero-order chi connectivity index (χ0) is 18.9. The predicted molar refractivity (Wildman–Crippen MR) is 88.4 cm³/mol. The summed E-state index contributed by atoms with van der Waals surface area (Å²) in [7, 11) is -1.80. The normalized spacial score (nSPS) is 12.0. The van der Waals surface area contributed by atoms with Crippen LogP contribution in [0.1, 0.15) is 36.3 Å². The minimum absolute atomic E-state index is 0.00753. The molecule has 0 fully saturated rings. The van der Waals surface area contributed by atoms with E-state index in [1.165, 1.54) is 12.1 Å². The van der Waals surface area contributed by atoms with Crippen LogP contribution in [0, 0.1) is 0 Å². The number of carbonyl (C=O) groups excluding carboxylic acids is 1. The van der Waals surface area contributed by atoms with E-state index in [9.17, 15) is 22.0 Å². The fourth-order valence-corrected chi connectivity index (χ4v) is 2.73. The summed E-state index contributed by atoms with van der Waals surface area (Å²) in [6, 6.07) is 2.56. The monoisotopic (exact) mass is 372 g/mol. The maximum atomic E-state index is 13.3. The number of rotatable bonds is 6. The van der Waals surface area contributed by atoms with Gasteiger partial charge in [-0.15, -0.1) is 0 Å². The topological polar surface area (TPSA) is 85.2 Å². The molecular weight excluding hydrogens is 354 g/mol. The number of aldehydes is 1. The third kappa shape index (κ3) is 3.68. The smallest absolute Gasteiger partial charge is 0.282 e. The average Bonchev–Trinajstić information content (AvgIpc) is 2.92. The molecule has 7 nitrogen and oxygen atoms in total. The Morgan fingerprint density at radius 2 is 1.92 bits per heavy atom. The molecule has 0 atom stereocenters. The summed E-state index contributed by atoms with van der Waals surface area (Å²) in [5.41, 5.74) is -0.869. The fourth-order valence-electron chi connectivity index (χ4n) is 2.17. The van der Waals surface area contributed by atoms with E-state index in [2.05, 4.69) is 10.1 Å². The number of anilines is 1. The first kappa shape index (κ1) is 19.0. The molecule has 0 aromatic carbocycles. The van der Waals surface area contributed by atoms with Crippen LogP contribution in [-0.4, -0.2) is 48.8 Å². The van der Waals surface area contributed by atoms with E-state index in [0.29, 0.717) is 6.29 Å². The molecule has 0 aliphatic carbocycles. The summed E-state index contributed by atoms with van der Waals surface area (Å²) in [4.78, 5) is 17.0. The Morgan fingerprint density at radius 3 is 2.32 bits per heavy atom. The molecule has 2 heterocycles. The molecule has 0 amide bonds. The first-order valence-electron chi connectivity index (χ1n) is 7.33. The van der Waals surface area contributed by atoms with Crippen LogP contribution in [0.5, 0.6) is 0 Å². The Morgan fingerprint density at radius 1 is 1.28 bits per heavy atom. The first-order valence-corrected chi connectivity index (χ1v) is 9.22. The lowest BCUT2D eigenvalue weighted by atomic mass is 10.2. The summed E-state index contributed by atoms with van der Waals surface area (Å²) in [5, 5.41) is 3.83. The average molecular weight is 372 g/mol. The highest BCUT2D eigenvalue weighted by Crippen LogP contribution is 2.31. The van der Waals surface area contributed by atoms with Gasteiger partial charge in [0.2, 0.25) is 0 Å². The largest absolute Gasteiger partial charge is 0.356 e. The number of carbonyl (C=O) groups is 1. The van der Waals surface area contributed by atoms with Gasteiger partial charge in [0, 0.05) is 25.5 Å². The van der Waals surface area contributed by atoms with Gasteiger partial charge in [-0.1, -0.05) is 0 Å². The number of pyridine rings is 1. The lowest BCUT2D eigenvalue weighted by Crippen LogP contribution is -2.29. The van der Waals surface area contributed by atoms with Crippen molar-refractivity contribution in [3.8, 4) is 5.82 Å². The lowest BCUT2D eigenvalue weighted by Gasteiger charge is -2.24. The second-order valence-corrected chi connectivity index (χ2v) is 7.80. The van der Waals surface area contributed by atoms with Crippen molar-refractivity contribution in [1.29, 1.82) is 0 Å². The molecule has 0 radical (unpaired) electrons. The molecular formula is C15H18F2N4O3S. The van der Waals surface area contributed by atoms with E-state index in [1.807, 2.05) is 13.8 Å². The summed E-state index contributed by atoms with van der Waals surface area (Å²) in [6.07, 6.45) is -0.441. The summed E-state index contributed by atoms with van der Waals surface area (Å²) < 4.78 is 50.7. The van der Waals surface area contributed by atoms with Crippen molar-refractivity contribution in [2.45, 2.75) is 31.2 Å². The van der Waals surface area contributed by atoms with Gasteiger partial charge in [-0.25, -0.2) is 22.2 Å². The van der Waals surface area contributed by atoms with Crippen molar-refractivity contribution >= 4 is 21.9 Å². The zero-order valence-electron chi connectivity index (χ0n) is 14.1. The van der Waals surface area contributed by atoms with E-state index in [4.69, 9.17) is 0 Å². The number of aromatic nitrogens is 3. The Kier molecular flexibility index (Phi) is 5.21. The number of halogens is 2. The second kappa shape index (κ2) is 6.87. The third-order valence-electron chi connectivity index (χ3n) is 3.72. The Hall–Kier alpha value is -2.36. The highest BCUT2D eigenvalue weighted by molar-refractivity contribution is 7.90. The minimum atomic E-state index is -3.44. The van der Waals surface area contributed by atoms with Crippen LogP contribution in [0.3, 0.4) is 0 Å². The molecule has 2 rings (SSSR count). The van der Waals surface area contributed by atoms with Crippen LogP contribution in [0.25, 0.3) is 5.82 Å². The van der Waals surface area contributed by atoms with Crippen molar-refractivity contribution in [2.24, 2.45) is 0 Å². The van der Waals surface area contributed by atoms with Gasteiger partial charge >= 0.3 is 0 Å². The van der Waals surface area contributed by atoms with Crippen LogP contribution in [0.15, 0.2) is 23.2 Å². The maximum absolute atomic E-state index is 13.3. The fraction of sp³-hybridized carbons (Fsp3) is 0.400. The molecule has 10 heteroatoms. The highest BCUT2D eigenvalue weighted by atomic mass is 32.2. The molecule has 0 aliphatic rings. The van der Waals surface area contributed by atoms with Gasteiger partial charge in [-0.05, 0) is 26.0 Å². The molecule has 2 aromatic rings. The molecule has 0 bridgehead atoms. The van der Waals surface area contributed by atoms with Gasteiger partial charge in [-0.3, -0.25) is 4.79 Å². The van der Waals surface area contributed by atoms with Crippen molar-refractivity contribution in [3.05, 3.63) is 29.6 Å². The maximum Gasteiger partial charge on any atom is 0.282 e. The Labute approximate surface area is 144 Å². The van der Waals surface area contributed by atoms with E-state index in [1.54, 1.807) is 11.9 Å². The molecule has 0 N–H and O–H groups in total. The van der Waals surface area contributed by atoms with Gasteiger partial charge in [0.15, 0.2) is 21.9 Å². The van der Waals surface area contributed by atoms with Gasteiger partial charge in [0.1, 0.15) is 11.5 Å². The Bertz CT molecular complexity index is 877. The van der Waals surface area contributed by atoms with Gasteiger partial charge < -0.3 is 4.90 Å². The van der Waals surface area contributed by atoms with Crippen molar-refractivity contribution in [3.63, 3.8) is 0 Å². The van der Waals surface area contributed by atoms with Gasteiger partial charge in [0.25, 0.3) is 6.43 Å². The molecule has 0 spiro atoms. The number of sulfone groups is 1. The lowest BCUT2D eigenvalue weighted by molar-refractivity contribution is 0.110. The summed E-state index contributed by atoms with van der Waals surface area (Å²) in [6.45, 7) is 3.66. The summed E-state index contributed by atoms with van der Waals surface area (Å²) in [5.74, 6) is 0.296. The van der Waals surface area contributed by atoms with E-state index in [0.717, 1.165) is 17.1 Å². The second-order valence-electron chi connectivity index (χ2n) is 5.78. The first-order chi connectivity index (χ1) is 11.6. The highest BCUT2D eigenvalue weighted by Gasteiger charge is 2.28. The minimum Gasteiger partial charge on any atom is -0.356 e. The zero-order valence-corrected chi connectivity index (χ0v) is 15.0. The van der Waals surface area contributed by atoms with Gasteiger partial charge in [0.05, 0.1) is 10.5 Å². The van der Waals surface area contributed by atoms with Gasteiger partial charge in [-0.2, -0.15) is 9.78 Å². The molecule has 2 aromatic heterocycles. The molecule has 0 saturated heterocycles. The number of hydrogen-bond acceptors (Lipinski definition) is 6. The molecule has 0 unspecified atom stereocenters. The number of alkyl halides is 2. The van der Waals surface area contributed by atoms with Crippen LogP contribution in [0.2, 0.25) is 0 Å². The third-order valence-corrected chi connectivity index (χ3v) is 4.82. The van der Waals surface area contributed by atoms with Crippen LogP contribution < -0.4 is 4.90 Å². The van der Waals surface area contributed by atoms with Crippen LogP contribution in [-0.2, 0) is 9.84 Å². The van der Waals surface area contributed by atoms with Crippen molar-refractivity contribution < 1.29 is 22.0 Å². The van der Waals surface area contributed by atoms with E-state index < -0.39 is 22.0 Å². The molecule has 25 heavy (non-hydrogen) atoms. The standard InChI is InChI=1S/C15H18F2N4O3S/c1-9(2)20(3)15-11(8-22)13(14(16)17)19-21(15)12-6-5-10(7-18-12)25(4,23)24/h5-9,14H,1-4H3. The van der Waals surface area contributed by atoms with Crippen LogP contribution in [0.4, 0.5) is 14.6 Å². The van der Waals surface area contributed by atoms with Crippen molar-refractivity contribution in [2.75, 3.05) is 18.2 Å². The molecule has 0 saturated carbocycles.